The van der Waals surface area contributed by atoms with Gasteiger partial charge in [-0.1, -0.05) is 30.3 Å². The summed E-state index contributed by atoms with van der Waals surface area (Å²) in [4.78, 5) is 28.1. The Morgan fingerprint density at radius 3 is 2.63 bits per heavy atom. The number of nitrogens with zero attached hydrogens (tertiary/aromatic N) is 4. The van der Waals surface area contributed by atoms with E-state index in [2.05, 4.69) is 19.9 Å². The fraction of sp³-hybridized carbons (Fsp3) is 0.300. The fourth-order valence-electron chi connectivity index (χ4n) is 6.83. The summed E-state index contributed by atoms with van der Waals surface area (Å²) in [7, 11) is -3.79. The first kappa shape index (κ1) is 28.6. The lowest BCUT2D eigenvalue weighted by Gasteiger charge is -2.27. The average molecular weight is 603 g/mol. The third-order valence-corrected chi connectivity index (χ3v) is 9.23. The summed E-state index contributed by atoms with van der Waals surface area (Å²) in [6, 6.07) is 13.2. The first-order chi connectivity index (χ1) is 20.5. The molecular formula is C30H31FN8O3S. The molecule has 13 heteroatoms. The molecule has 1 saturated carbocycles. The van der Waals surface area contributed by atoms with Crippen LogP contribution in [0.1, 0.15) is 40.0 Å². The summed E-state index contributed by atoms with van der Waals surface area (Å²) < 4.78 is 40.1. The van der Waals surface area contributed by atoms with Crippen molar-refractivity contribution in [1.29, 1.82) is 5.41 Å². The number of benzene rings is 2. The number of amides is 1. The number of rotatable bonds is 8. The van der Waals surface area contributed by atoms with E-state index in [4.69, 9.17) is 16.9 Å². The number of pyridine rings is 1. The number of anilines is 2. The Balaban J connectivity index is 1.26. The second-order valence-corrected chi connectivity index (χ2v) is 12.9. The van der Waals surface area contributed by atoms with Crippen molar-refractivity contribution in [2.45, 2.75) is 18.3 Å². The third-order valence-electron chi connectivity index (χ3n) is 8.67. The first-order valence-corrected chi connectivity index (χ1v) is 15.8. The van der Waals surface area contributed by atoms with Crippen molar-refractivity contribution in [1.82, 2.24) is 19.7 Å². The quantitative estimate of drug-likeness (QED) is 0.220. The molecule has 1 aliphatic heterocycles. The Bertz CT molecular complexity index is 1880. The molecule has 4 aromatic rings. The zero-order valence-electron chi connectivity index (χ0n) is 23.4. The standard InChI is InChI=1S/C30H31FN8O3S/c1-43(41,42)38-29(40)19-9-8-17(18-5-4-13-35-26(18)19)25(33)27-28(34)37-24(15-36-27)39-14-10-20-22(16-39)30(20,11-12-32)21-6-2-3-7-23(21)31/h2-9,13,15,20,22,33H,10-12,14,16,32H2,1H3,(H2,34,37)(H,38,40)/t20-,22?,30-/m1/s1. The fourth-order valence-corrected chi connectivity index (χ4v) is 7.28. The molecule has 1 aliphatic carbocycles. The van der Waals surface area contributed by atoms with E-state index in [1.165, 1.54) is 24.4 Å². The number of sulfonamides is 1. The number of nitrogens with two attached hydrogens (primary N) is 2. The molecule has 1 amide bonds. The van der Waals surface area contributed by atoms with Crippen molar-refractivity contribution in [3.8, 4) is 0 Å². The minimum Gasteiger partial charge on any atom is -0.382 e. The monoisotopic (exact) mass is 602 g/mol. The molecule has 6 rings (SSSR count). The zero-order chi connectivity index (χ0) is 30.5. The highest BCUT2D eigenvalue weighted by Crippen LogP contribution is 2.65. The number of hydrogen-bond acceptors (Lipinski definition) is 10. The molecule has 6 N–H and O–H groups in total. The van der Waals surface area contributed by atoms with Crippen LogP contribution in [-0.2, 0) is 15.4 Å². The van der Waals surface area contributed by atoms with Gasteiger partial charge in [-0.2, -0.15) is 0 Å². The number of halogens is 1. The maximum absolute atomic E-state index is 14.9. The van der Waals surface area contributed by atoms with Crippen LogP contribution in [0, 0.1) is 23.1 Å². The van der Waals surface area contributed by atoms with Gasteiger partial charge in [-0.05, 0) is 55.0 Å². The number of nitrogen functional groups attached to an aromatic ring is 1. The minimum atomic E-state index is -3.79. The van der Waals surface area contributed by atoms with Crippen molar-refractivity contribution in [3.05, 3.63) is 89.1 Å². The summed E-state index contributed by atoms with van der Waals surface area (Å²) in [5.74, 6) is 0.187. The first-order valence-electron chi connectivity index (χ1n) is 13.9. The molecule has 0 radical (unpaired) electrons. The van der Waals surface area contributed by atoms with Gasteiger partial charge in [0.05, 0.1) is 29.2 Å². The van der Waals surface area contributed by atoms with Crippen molar-refractivity contribution in [2.24, 2.45) is 17.6 Å². The number of piperidine rings is 1. The van der Waals surface area contributed by atoms with Gasteiger partial charge >= 0.3 is 0 Å². The summed E-state index contributed by atoms with van der Waals surface area (Å²) in [6.07, 6.45) is 5.52. The predicted molar refractivity (Wildman–Crippen MR) is 162 cm³/mol. The van der Waals surface area contributed by atoms with E-state index in [-0.39, 0.29) is 45.5 Å². The molecule has 0 bridgehead atoms. The van der Waals surface area contributed by atoms with E-state index in [9.17, 15) is 17.6 Å². The second kappa shape index (κ2) is 10.7. The molecular weight excluding hydrogens is 571 g/mol. The van der Waals surface area contributed by atoms with Gasteiger partial charge in [0.1, 0.15) is 17.3 Å². The van der Waals surface area contributed by atoms with E-state index >= 15 is 0 Å². The smallest absolute Gasteiger partial charge is 0.266 e. The van der Waals surface area contributed by atoms with E-state index in [1.807, 2.05) is 16.9 Å². The Hall–Kier alpha value is -4.49. The predicted octanol–water partition coefficient (Wildman–Crippen LogP) is 2.59. The molecule has 2 aromatic heterocycles. The van der Waals surface area contributed by atoms with Crippen molar-refractivity contribution in [3.63, 3.8) is 0 Å². The molecule has 3 heterocycles. The summed E-state index contributed by atoms with van der Waals surface area (Å²) in [6.45, 7) is 1.84. The van der Waals surface area contributed by atoms with E-state index < -0.39 is 15.9 Å². The average Bonchev–Trinajstić information content (AvgIpc) is 3.62. The molecule has 43 heavy (non-hydrogen) atoms. The van der Waals surface area contributed by atoms with Gasteiger partial charge in [0, 0.05) is 35.7 Å². The number of fused-ring (bicyclic) bond motifs is 2. The van der Waals surface area contributed by atoms with Crippen LogP contribution in [0.4, 0.5) is 16.0 Å². The normalized spacial score (nSPS) is 21.3. The van der Waals surface area contributed by atoms with Crippen LogP contribution in [-0.4, -0.2) is 60.9 Å². The minimum absolute atomic E-state index is 0.0213. The van der Waals surface area contributed by atoms with Crippen molar-refractivity contribution >= 4 is 44.2 Å². The highest BCUT2D eigenvalue weighted by Gasteiger charge is 2.66. The lowest BCUT2D eigenvalue weighted by Crippen LogP contribution is -2.32. The number of nitrogens with one attached hydrogen (secondary N) is 2. The van der Waals surface area contributed by atoms with Gasteiger partial charge in [-0.25, -0.2) is 27.5 Å². The van der Waals surface area contributed by atoms with Crippen molar-refractivity contribution in [2.75, 3.05) is 36.5 Å². The van der Waals surface area contributed by atoms with Crippen LogP contribution in [0.2, 0.25) is 0 Å². The number of carbonyl (C=O) groups excluding carboxylic acids is 1. The van der Waals surface area contributed by atoms with Crippen LogP contribution in [0.5, 0.6) is 0 Å². The van der Waals surface area contributed by atoms with Gasteiger partial charge in [0.2, 0.25) is 10.0 Å². The molecule has 11 nitrogen and oxygen atoms in total. The maximum Gasteiger partial charge on any atom is 0.266 e. The van der Waals surface area contributed by atoms with E-state index in [1.54, 1.807) is 24.4 Å². The Labute approximate surface area is 248 Å². The summed E-state index contributed by atoms with van der Waals surface area (Å²) in [5.41, 5.74) is 13.6. The molecule has 2 fully saturated rings. The Morgan fingerprint density at radius 1 is 1.14 bits per heavy atom. The summed E-state index contributed by atoms with van der Waals surface area (Å²) >= 11 is 0. The number of carbonyl (C=O) groups is 1. The van der Waals surface area contributed by atoms with E-state index in [0.717, 1.165) is 18.2 Å². The van der Waals surface area contributed by atoms with Crippen LogP contribution in [0.15, 0.2) is 60.9 Å². The van der Waals surface area contributed by atoms with Gasteiger partial charge < -0.3 is 16.4 Å². The Kier molecular flexibility index (Phi) is 7.09. The van der Waals surface area contributed by atoms with Gasteiger partial charge in [0.25, 0.3) is 5.91 Å². The zero-order valence-corrected chi connectivity index (χ0v) is 24.2. The van der Waals surface area contributed by atoms with Gasteiger partial charge in [-0.3, -0.25) is 15.2 Å². The van der Waals surface area contributed by atoms with E-state index in [0.29, 0.717) is 48.7 Å². The molecule has 1 unspecified atom stereocenters. The molecule has 0 spiro atoms. The SMILES string of the molecule is CS(=O)(=O)NC(=O)c1ccc(C(=N)c2ncc(N3CC[C@@H]4C(C3)[C@@]4(CCN)c3ccccc3F)nc2N)c2cccnc12. The molecule has 222 valence electrons. The van der Waals surface area contributed by atoms with Crippen LogP contribution < -0.4 is 21.1 Å². The lowest BCUT2D eigenvalue weighted by atomic mass is 9.87. The topological polar surface area (TPSA) is 181 Å². The molecule has 2 aromatic carbocycles. The highest BCUT2D eigenvalue weighted by atomic mass is 32.2. The summed E-state index contributed by atoms with van der Waals surface area (Å²) in [5, 5.41) is 9.37. The van der Waals surface area contributed by atoms with Crippen LogP contribution >= 0.6 is 0 Å². The number of aromatic nitrogens is 3. The van der Waals surface area contributed by atoms with Gasteiger partial charge in [-0.15, -0.1) is 0 Å². The Morgan fingerprint density at radius 2 is 1.91 bits per heavy atom. The number of hydrogen-bond donors (Lipinski definition) is 4. The molecule has 2 aliphatic rings. The van der Waals surface area contributed by atoms with Gasteiger partial charge in [0.15, 0.2) is 5.82 Å². The second-order valence-electron chi connectivity index (χ2n) is 11.1. The highest BCUT2D eigenvalue weighted by molar-refractivity contribution is 7.89. The lowest BCUT2D eigenvalue weighted by molar-refractivity contribution is 0.0983. The van der Waals surface area contributed by atoms with Crippen molar-refractivity contribution < 1.29 is 17.6 Å². The van der Waals surface area contributed by atoms with Crippen LogP contribution in [0.3, 0.4) is 0 Å². The maximum atomic E-state index is 14.9. The molecule has 1 saturated heterocycles. The molecule has 3 atom stereocenters. The third kappa shape index (κ3) is 4.97. The van der Waals surface area contributed by atoms with Crippen LogP contribution in [0.25, 0.3) is 10.9 Å². The largest absolute Gasteiger partial charge is 0.382 e.